The molecule has 0 aliphatic rings. The van der Waals surface area contributed by atoms with Crippen molar-refractivity contribution in [3.05, 3.63) is 51.8 Å². The smallest absolute Gasteiger partial charge is 0.266 e. The molecular formula is C12H8BrN5OS. The number of hydrogen-bond donors (Lipinski definition) is 1. The number of nitrogens with zero attached hydrogens (tertiary/aromatic N) is 4. The van der Waals surface area contributed by atoms with E-state index in [-0.39, 0.29) is 5.91 Å². The van der Waals surface area contributed by atoms with Crippen molar-refractivity contribution in [2.75, 3.05) is 5.32 Å². The highest BCUT2D eigenvalue weighted by atomic mass is 79.9. The second-order valence-electron chi connectivity index (χ2n) is 3.77. The van der Waals surface area contributed by atoms with Crippen molar-refractivity contribution in [3.63, 3.8) is 0 Å². The minimum absolute atomic E-state index is 0.193. The van der Waals surface area contributed by atoms with Crippen LogP contribution in [-0.4, -0.2) is 25.7 Å². The van der Waals surface area contributed by atoms with Gasteiger partial charge >= 0.3 is 0 Å². The summed E-state index contributed by atoms with van der Waals surface area (Å²) in [4.78, 5) is 20.9. The number of carbonyl (C=O) groups excluding carboxylic acids is 1. The molecule has 0 atom stereocenters. The quantitative estimate of drug-likeness (QED) is 0.788. The molecule has 1 N–H and O–H groups in total. The van der Waals surface area contributed by atoms with Gasteiger partial charge in [-0.2, -0.15) is 5.10 Å². The highest BCUT2D eigenvalue weighted by Gasteiger charge is 2.14. The number of nitrogens with one attached hydrogen (secondary N) is 1. The Morgan fingerprint density at radius 2 is 2.30 bits per heavy atom. The van der Waals surface area contributed by atoms with E-state index < -0.39 is 0 Å². The number of rotatable bonds is 3. The molecule has 0 aliphatic heterocycles. The molecule has 0 aromatic carbocycles. The molecule has 20 heavy (non-hydrogen) atoms. The molecule has 0 aliphatic carbocycles. The Balaban J connectivity index is 1.92. The van der Waals surface area contributed by atoms with Gasteiger partial charge < -0.3 is 5.32 Å². The zero-order valence-corrected chi connectivity index (χ0v) is 12.4. The Hall–Kier alpha value is -2.06. The third kappa shape index (κ3) is 2.47. The van der Waals surface area contributed by atoms with E-state index in [1.807, 2.05) is 11.4 Å². The Morgan fingerprint density at radius 1 is 1.40 bits per heavy atom. The van der Waals surface area contributed by atoms with Crippen LogP contribution in [0.15, 0.2) is 46.9 Å². The van der Waals surface area contributed by atoms with Crippen molar-refractivity contribution in [3.8, 4) is 5.82 Å². The lowest BCUT2D eigenvalue weighted by atomic mass is 10.3. The van der Waals surface area contributed by atoms with Crippen molar-refractivity contribution in [1.29, 1.82) is 0 Å². The lowest BCUT2D eigenvalue weighted by molar-refractivity contribution is 0.103. The number of aromatic nitrogens is 4. The molecular weight excluding hydrogens is 342 g/mol. The van der Waals surface area contributed by atoms with Gasteiger partial charge in [0.05, 0.1) is 5.69 Å². The third-order valence-corrected chi connectivity index (χ3v) is 4.33. The Morgan fingerprint density at radius 3 is 3.00 bits per heavy atom. The van der Waals surface area contributed by atoms with E-state index in [9.17, 15) is 4.79 Å². The summed E-state index contributed by atoms with van der Waals surface area (Å²) in [5.41, 5.74) is 0.573. The van der Waals surface area contributed by atoms with Gasteiger partial charge in [-0.05, 0) is 39.5 Å². The van der Waals surface area contributed by atoms with Crippen molar-refractivity contribution >= 4 is 38.9 Å². The minimum Gasteiger partial charge on any atom is -0.318 e. The lowest BCUT2D eigenvalue weighted by Gasteiger charge is -2.08. The Bertz CT molecular complexity index is 740. The molecule has 3 rings (SSSR count). The Kier molecular flexibility index (Phi) is 3.57. The zero-order valence-electron chi connectivity index (χ0n) is 10.0. The second kappa shape index (κ2) is 5.51. The fourth-order valence-corrected chi connectivity index (χ4v) is 3.08. The topological polar surface area (TPSA) is 72.7 Å². The van der Waals surface area contributed by atoms with Gasteiger partial charge in [-0.1, -0.05) is 0 Å². The fraction of sp³-hybridized carbons (Fsp3) is 0. The molecule has 0 unspecified atom stereocenters. The maximum Gasteiger partial charge on any atom is 0.266 e. The van der Waals surface area contributed by atoms with E-state index in [4.69, 9.17) is 0 Å². The maximum atomic E-state index is 12.2. The average molecular weight is 350 g/mol. The third-order valence-electron chi connectivity index (χ3n) is 2.49. The first-order chi connectivity index (χ1) is 9.75. The molecule has 3 aromatic rings. The van der Waals surface area contributed by atoms with Gasteiger partial charge in [0.15, 0.2) is 5.82 Å². The summed E-state index contributed by atoms with van der Waals surface area (Å²) in [5.74, 6) is 0.326. The van der Waals surface area contributed by atoms with Crippen molar-refractivity contribution in [2.45, 2.75) is 0 Å². The van der Waals surface area contributed by atoms with Gasteiger partial charge in [-0.3, -0.25) is 4.79 Å². The number of amides is 1. The molecule has 0 spiro atoms. The van der Waals surface area contributed by atoms with Gasteiger partial charge in [0.1, 0.15) is 17.5 Å². The van der Waals surface area contributed by atoms with Gasteiger partial charge in [0, 0.05) is 10.7 Å². The summed E-state index contributed by atoms with van der Waals surface area (Å²) in [6.07, 6.45) is 4.57. The van der Waals surface area contributed by atoms with Crippen LogP contribution in [0.2, 0.25) is 0 Å². The molecule has 1 amide bonds. The van der Waals surface area contributed by atoms with Crippen molar-refractivity contribution in [1.82, 2.24) is 19.7 Å². The Labute approximate surface area is 126 Å². The summed E-state index contributed by atoms with van der Waals surface area (Å²) in [6.45, 7) is 0. The first-order valence-corrected chi connectivity index (χ1v) is 7.27. The van der Waals surface area contributed by atoms with E-state index in [0.29, 0.717) is 16.4 Å². The number of hydrogen-bond acceptors (Lipinski definition) is 5. The summed E-state index contributed by atoms with van der Waals surface area (Å²) < 4.78 is 2.27. The van der Waals surface area contributed by atoms with E-state index in [1.165, 1.54) is 28.7 Å². The maximum absolute atomic E-state index is 12.2. The fourth-order valence-electron chi connectivity index (χ4n) is 1.63. The molecule has 0 radical (unpaired) electrons. The highest BCUT2D eigenvalue weighted by Crippen LogP contribution is 2.24. The second-order valence-corrected chi connectivity index (χ2v) is 5.54. The molecule has 3 aromatic heterocycles. The summed E-state index contributed by atoms with van der Waals surface area (Å²) in [6, 6.07) is 5.35. The van der Waals surface area contributed by atoms with Crippen LogP contribution in [0.5, 0.6) is 0 Å². The minimum atomic E-state index is -0.193. The van der Waals surface area contributed by atoms with Crippen LogP contribution in [0, 0.1) is 0 Å². The molecule has 0 bridgehead atoms. The molecule has 100 valence electrons. The van der Waals surface area contributed by atoms with E-state index in [2.05, 4.69) is 36.3 Å². The van der Waals surface area contributed by atoms with Crippen molar-refractivity contribution < 1.29 is 4.79 Å². The van der Waals surface area contributed by atoms with Crippen LogP contribution in [0.4, 0.5) is 5.69 Å². The number of pyridine rings is 1. The number of carbonyl (C=O) groups is 1. The highest BCUT2D eigenvalue weighted by molar-refractivity contribution is 9.10. The first kappa shape index (κ1) is 12.9. The average Bonchev–Trinajstić information content (AvgIpc) is 3.10. The van der Waals surface area contributed by atoms with Crippen LogP contribution >= 0.6 is 27.3 Å². The molecule has 0 fully saturated rings. The summed E-state index contributed by atoms with van der Waals surface area (Å²) in [7, 11) is 0. The lowest BCUT2D eigenvalue weighted by Crippen LogP contribution is -2.14. The molecule has 0 saturated carbocycles. The number of halogens is 1. The monoisotopic (exact) mass is 349 g/mol. The van der Waals surface area contributed by atoms with Gasteiger partial charge in [-0.25, -0.2) is 14.6 Å². The molecule has 6 nitrogen and oxygen atoms in total. The van der Waals surface area contributed by atoms with Crippen LogP contribution in [-0.2, 0) is 0 Å². The van der Waals surface area contributed by atoms with Gasteiger partial charge in [0.25, 0.3) is 5.91 Å². The standard InChI is InChI=1S/C12H8BrN5OS/c13-8-3-5-20-10(8)12(19)17-9-2-1-4-15-11(9)18-7-14-6-16-18/h1-7H,(H,17,19). The van der Waals surface area contributed by atoms with Crippen LogP contribution in [0.1, 0.15) is 9.67 Å². The summed E-state index contributed by atoms with van der Waals surface area (Å²) >= 11 is 4.71. The normalized spacial score (nSPS) is 10.4. The van der Waals surface area contributed by atoms with E-state index >= 15 is 0 Å². The SMILES string of the molecule is O=C(Nc1cccnc1-n1cncn1)c1sccc1Br. The molecule has 8 heteroatoms. The van der Waals surface area contributed by atoms with Crippen LogP contribution < -0.4 is 5.32 Å². The molecule has 0 saturated heterocycles. The number of anilines is 1. The van der Waals surface area contributed by atoms with Gasteiger partial charge in [0.2, 0.25) is 0 Å². The van der Waals surface area contributed by atoms with E-state index in [1.54, 1.807) is 18.3 Å². The predicted molar refractivity (Wildman–Crippen MR) is 79.1 cm³/mol. The summed E-state index contributed by atoms with van der Waals surface area (Å²) in [5, 5.41) is 8.70. The van der Waals surface area contributed by atoms with Crippen molar-refractivity contribution in [2.24, 2.45) is 0 Å². The zero-order chi connectivity index (χ0) is 13.9. The van der Waals surface area contributed by atoms with E-state index in [0.717, 1.165) is 4.47 Å². The number of thiophene rings is 1. The van der Waals surface area contributed by atoms with Gasteiger partial charge in [-0.15, -0.1) is 11.3 Å². The predicted octanol–water partition coefficient (Wildman–Crippen LogP) is 2.74. The van der Waals surface area contributed by atoms with Crippen LogP contribution in [0.25, 0.3) is 5.82 Å². The molecule has 3 heterocycles. The van der Waals surface area contributed by atoms with Crippen LogP contribution in [0.3, 0.4) is 0 Å². The first-order valence-electron chi connectivity index (χ1n) is 5.60. The largest absolute Gasteiger partial charge is 0.318 e.